The predicted molar refractivity (Wildman–Crippen MR) is 318 cm³/mol. The van der Waals surface area contributed by atoms with Gasteiger partial charge in [-0.3, -0.25) is 18.6 Å². The molecule has 0 aliphatic heterocycles. The monoisotopic (exact) mass is 1050 g/mol. The van der Waals surface area contributed by atoms with Crippen LogP contribution < -0.4 is 5.32 Å². The van der Waals surface area contributed by atoms with Gasteiger partial charge in [0.25, 0.3) is 0 Å². The van der Waals surface area contributed by atoms with Crippen molar-refractivity contribution < 1.29 is 37.3 Å². The molecule has 2 N–H and O–H groups in total. The van der Waals surface area contributed by atoms with Crippen molar-refractivity contribution in [2.24, 2.45) is 0 Å². The molecular formula is C64H110N2O7P+. The van der Waals surface area contributed by atoms with E-state index in [0.29, 0.717) is 23.9 Å². The number of ether oxygens (including phenoxy) is 1. The second-order valence-corrected chi connectivity index (χ2v) is 21.9. The van der Waals surface area contributed by atoms with Crippen molar-refractivity contribution in [3.63, 3.8) is 0 Å². The molecule has 0 aromatic heterocycles. The van der Waals surface area contributed by atoms with Crippen LogP contribution in [-0.4, -0.2) is 74.3 Å². The molecule has 0 aliphatic carbocycles. The molecule has 3 unspecified atom stereocenters. The smallest absolute Gasteiger partial charge is 0.456 e. The van der Waals surface area contributed by atoms with E-state index in [1.165, 1.54) is 44.9 Å². The van der Waals surface area contributed by atoms with Crippen molar-refractivity contribution in [2.45, 2.75) is 232 Å². The number of nitrogens with one attached hydrogen (secondary N) is 1. The summed E-state index contributed by atoms with van der Waals surface area (Å²) in [7, 11) is 1.44. The van der Waals surface area contributed by atoms with Crippen LogP contribution in [0.3, 0.4) is 0 Å². The van der Waals surface area contributed by atoms with Crippen molar-refractivity contribution in [2.75, 3.05) is 40.9 Å². The maximum absolute atomic E-state index is 13.5. The van der Waals surface area contributed by atoms with Gasteiger partial charge < -0.3 is 19.4 Å². The fraction of sp³-hybridized carbons (Fsp3) is 0.656. The van der Waals surface area contributed by atoms with Gasteiger partial charge in [-0.05, 0) is 115 Å². The Balaban J connectivity index is 5.37. The Morgan fingerprint density at radius 2 is 0.865 bits per heavy atom. The molecule has 0 spiro atoms. The van der Waals surface area contributed by atoms with Crippen LogP contribution >= 0.6 is 7.82 Å². The maximum Gasteiger partial charge on any atom is 0.472 e. The number of unbranched alkanes of at least 4 members (excludes halogenated alkanes) is 17. The first-order chi connectivity index (χ1) is 35.9. The zero-order chi connectivity index (χ0) is 54.3. The van der Waals surface area contributed by atoms with Gasteiger partial charge in [-0.25, -0.2) is 4.57 Å². The maximum atomic E-state index is 13.5. The first-order valence-corrected chi connectivity index (χ1v) is 30.9. The van der Waals surface area contributed by atoms with E-state index in [1.807, 2.05) is 33.3 Å². The fourth-order valence-corrected chi connectivity index (χ4v) is 8.40. The van der Waals surface area contributed by atoms with E-state index in [-0.39, 0.29) is 37.9 Å². The van der Waals surface area contributed by atoms with Crippen LogP contribution in [0.25, 0.3) is 0 Å². The van der Waals surface area contributed by atoms with E-state index in [2.05, 4.69) is 135 Å². The lowest BCUT2D eigenvalue weighted by Gasteiger charge is -2.27. The summed E-state index contributed by atoms with van der Waals surface area (Å²) >= 11 is 0. The number of hydrogen-bond acceptors (Lipinski definition) is 6. The standard InChI is InChI=1S/C64H109N2O7P/c1-7-10-13-16-19-22-25-27-29-31-32-33-34-35-37-39-42-45-48-51-54-57-64(68)73-62(55-52-49-46-43-40-24-21-18-15-12-9-3)61(60-72-74(69,70)71-59-58-66(4,5)6)65-63(67)56-53-50-47-44-41-38-36-30-28-26-23-20-17-14-11-8-2/h10-11,13-14,19-20,22-23,27-30,32-33,35,37-38,41,52,55,61-62H,7-9,12,15-18,21,24-26,31,34,36,39-40,42-51,53-54,56-60H2,1-6H3,(H-,65,67,69,70)/p+1/b13-10-,14-11+,22-19-,23-20+,29-27-,30-28+,33-32-,37-35-,41-38+,55-52+. The summed E-state index contributed by atoms with van der Waals surface area (Å²) in [5, 5.41) is 3.02. The summed E-state index contributed by atoms with van der Waals surface area (Å²) in [6, 6.07) is -0.881. The number of phosphoric acid groups is 1. The molecule has 0 aromatic carbocycles. The third-order valence-electron chi connectivity index (χ3n) is 12.1. The summed E-state index contributed by atoms with van der Waals surface area (Å²) in [6.45, 7) is 6.71. The van der Waals surface area contributed by atoms with Crippen molar-refractivity contribution in [1.82, 2.24) is 5.32 Å². The number of nitrogens with zero attached hydrogens (tertiary/aromatic N) is 1. The number of carbonyl (C=O) groups is 2. The molecule has 0 aromatic rings. The molecule has 0 aliphatic rings. The Labute approximate surface area is 454 Å². The van der Waals surface area contributed by atoms with E-state index >= 15 is 0 Å². The van der Waals surface area contributed by atoms with Gasteiger partial charge in [-0.2, -0.15) is 0 Å². The van der Waals surface area contributed by atoms with Gasteiger partial charge in [0.2, 0.25) is 5.91 Å². The quantitative estimate of drug-likeness (QED) is 0.0205. The zero-order valence-corrected chi connectivity index (χ0v) is 48.9. The number of hydrogen-bond donors (Lipinski definition) is 2. The van der Waals surface area contributed by atoms with E-state index in [0.717, 1.165) is 128 Å². The number of rotatable bonds is 51. The molecule has 0 saturated heterocycles. The lowest BCUT2D eigenvalue weighted by molar-refractivity contribution is -0.870. The molecule has 10 heteroatoms. The van der Waals surface area contributed by atoms with Gasteiger partial charge in [-0.15, -0.1) is 0 Å². The van der Waals surface area contributed by atoms with Gasteiger partial charge in [0.15, 0.2) is 0 Å². The van der Waals surface area contributed by atoms with Crippen LogP contribution in [0.15, 0.2) is 122 Å². The Morgan fingerprint density at radius 1 is 0.486 bits per heavy atom. The van der Waals surface area contributed by atoms with Crippen LogP contribution in [0, 0.1) is 0 Å². The highest BCUT2D eigenvalue weighted by Crippen LogP contribution is 2.43. The molecule has 0 radical (unpaired) electrons. The second kappa shape index (κ2) is 52.8. The molecule has 74 heavy (non-hydrogen) atoms. The number of phosphoric ester groups is 1. The summed E-state index contributed by atoms with van der Waals surface area (Å²) in [5.41, 5.74) is 0. The number of quaternary nitrogens is 1. The molecule has 0 fully saturated rings. The molecule has 422 valence electrons. The van der Waals surface area contributed by atoms with Crippen LogP contribution in [0.2, 0.25) is 0 Å². The Morgan fingerprint density at radius 3 is 1.31 bits per heavy atom. The van der Waals surface area contributed by atoms with E-state index < -0.39 is 20.0 Å². The number of carbonyl (C=O) groups excluding carboxylic acids is 2. The lowest BCUT2D eigenvalue weighted by atomic mass is 10.1. The average Bonchev–Trinajstić information content (AvgIpc) is 3.36. The Bertz CT molecular complexity index is 1680. The van der Waals surface area contributed by atoms with E-state index in [4.69, 9.17) is 13.8 Å². The summed E-state index contributed by atoms with van der Waals surface area (Å²) < 4.78 is 30.6. The molecule has 0 rings (SSSR count). The summed E-state index contributed by atoms with van der Waals surface area (Å²) in [5.74, 6) is -0.575. The minimum absolute atomic E-state index is 0.0235. The highest BCUT2D eigenvalue weighted by Gasteiger charge is 2.30. The largest absolute Gasteiger partial charge is 0.472 e. The number of amides is 1. The highest BCUT2D eigenvalue weighted by atomic mass is 31.2. The van der Waals surface area contributed by atoms with Crippen molar-refractivity contribution in [1.29, 1.82) is 0 Å². The Kier molecular flexibility index (Phi) is 50.3. The third kappa shape index (κ3) is 53.2. The minimum Gasteiger partial charge on any atom is -0.456 e. The van der Waals surface area contributed by atoms with Gasteiger partial charge in [0, 0.05) is 12.8 Å². The number of esters is 1. The Hall–Kier alpha value is -3.59. The fourth-order valence-electron chi connectivity index (χ4n) is 7.66. The highest BCUT2D eigenvalue weighted by molar-refractivity contribution is 7.47. The lowest BCUT2D eigenvalue weighted by Crippen LogP contribution is -2.47. The molecule has 1 amide bonds. The first kappa shape index (κ1) is 70.4. The van der Waals surface area contributed by atoms with Gasteiger partial charge in [0.05, 0.1) is 33.8 Å². The van der Waals surface area contributed by atoms with Crippen molar-refractivity contribution >= 4 is 19.7 Å². The number of likely N-dealkylation sites (N-methyl/N-ethyl adjacent to an activating group) is 1. The topological polar surface area (TPSA) is 111 Å². The van der Waals surface area contributed by atoms with Gasteiger partial charge >= 0.3 is 13.8 Å². The van der Waals surface area contributed by atoms with Crippen LogP contribution in [-0.2, 0) is 27.9 Å². The first-order valence-electron chi connectivity index (χ1n) is 29.4. The molecule has 9 nitrogen and oxygen atoms in total. The average molecular weight is 1050 g/mol. The number of allylic oxidation sites excluding steroid dienone is 19. The predicted octanol–water partition coefficient (Wildman–Crippen LogP) is 17.9. The molecule has 3 atom stereocenters. The van der Waals surface area contributed by atoms with Crippen LogP contribution in [0.1, 0.15) is 220 Å². The van der Waals surface area contributed by atoms with E-state index in [9.17, 15) is 19.0 Å². The molecular weight excluding hydrogens is 940 g/mol. The normalized spacial score (nSPS) is 14.6. The zero-order valence-electron chi connectivity index (χ0n) is 48.0. The van der Waals surface area contributed by atoms with Crippen molar-refractivity contribution in [3.8, 4) is 0 Å². The molecule has 0 bridgehead atoms. The van der Waals surface area contributed by atoms with Crippen molar-refractivity contribution in [3.05, 3.63) is 122 Å². The summed E-state index contributed by atoms with van der Waals surface area (Å²) in [4.78, 5) is 37.6. The second-order valence-electron chi connectivity index (χ2n) is 20.4. The van der Waals surface area contributed by atoms with E-state index in [1.54, 1.807) is 0 Å². The molecule has 0 saturated carbocycles. The van der Waals surface area contributed by atoms with Crippen LogP contribution in [0.5, 0.6) is 0 Å². The SMILES string of the molecule is CC/C=C\C/C=C\C/C=C\C/C=C\C/C=C\CCCCCCCC(=O)OC(/C=C/CCCCCCCCCCC)C(COP(=O)(O)OCC[N+](C)(C)C)NC(=O)CCCCC/C=C/C/C=C/C/C=C/C/C=C/CC. The minimum atomic E-state index is -4.47. The van der Waals surface area contributed by atoms with Gasteiger partial charge in [-0.1, -0.05) is 213 Å². The third-order valence-corrected chi connectivity index (χ3v) is 13.1. The van der Waals surface area contributed by atoms with Crippen LogP contribution in [0.4, 0.5) is 0 Å². The molecule has 0 heterocycles. The summed E-state index contributed by atoms with van der Waals surface area (Å²) in [6.07, 6.45) is 73.4. The van der Waals surface area contributed by atoms with Gasteiger partial charge in [0.1, 0.15) is 19.3 Å².